The number of amides is 1. The van der Waals surface area contributed by atoms with Crippen LogP contribution in [0, 0.1) is 0 Å². The van der Waals surface area contributed by atoms with Gasteiger partial charge >= 0.3 is 0 Å². The highest BCUT2D eigenvalue weighted by Crippen LogP contribution is 2.28. The van der Waals surface area contributed by atoms with E-state index in [-0.39, 0.29) is 42.3 Å². The van der Waals surface area contributed by atoms with Crippen LogP contribution in [0.1, 0.15) is 42.7 Å². The predicted molar refractivity (Wildman–Crippen MR) is 121 cm³/mol. The first kappa shape index (κ1) is 26.3. The van der Waals surface area contributed by atoms with Gasteiger partial charge in [-0.05, 0) is 32.4 Å². The Kier molecular flexibility index (Phi) is 10.7. The van der Waals surface area contributed by atoms with Crippen molar-refractivity contribution in [2.24, 2.45) is 0 Å². The van der Waals surface area contributed by atoms with Crippen LogP contribution in [-0.2, 0) is 0 Å². The number of halogens is 3. The van der Waals surface area contributed by atoms with Gasteiger partial charge in [-0.15, -0.1) is 24.8 Å². The highest BCUT2D eigenvalue weighted by Gasteiger charge is 2.23. The minimum Gasteiger partial charge on any atom is -0.496 e. The van der Waals surface area contributed by atoms with Gasteiger partial charge in [0, 0.05) is 24.2 Å². The van der Waals surface area contributed by atoms with Gasteiger partial charge in [-0.3, -0.25) is 4.79 Å². The molecule has 1 unspecified atom stereocenters. The molecule has 1 atom stereocenters. The Bertz CT molecular complexity index is 771. The van der Waals surface area contributed by atoms with Crippen LogP contribution in [0.5, 0.6) is 5.75 Å². The number of nitrogen functional groups attached to an aromatic ring is 1. The number of methoxy groups -OCH3 is 1. The predicted octanol–water partition coefficient (Wildman–Crippen LogP) is 4.63. The number of rotatable bonds is 7. The van der Waals surface area contributed by atoms with Crippen molar-refractivity contribution in [3.8, 4) is 5.75 Å². The first-order valence-electron chi connectivity index (χ1n) is 8.47. The lowest BCUT2D eigenvalue weighted by molar-refractivity contribution is 0.0938. The quantitative estimate of drug-likeness (QED) is 0.540. The van der Waals surface area contributed by atoms with Crippen LogP contribution in [0.25, 0.3) is 0 Å². The Morgan fingerprint density at radius 2 is 1.82 bits per heavy atom. The number of hydrogen-bond acceptors (Lipinski definition) is 4. The van der Waals surface area contributed by atoms with Gasteiger partial charge in [-0.2, -0.15) is 0 Å². The van der Waals surface area contributed by atoms with Crippen LogP contribution in [-0.4, -0.2) is 25.1 Å². The molecule has 0 saturated heterocycles. The zero-order valence-corrected chi connectivity index (χ0v) is 18.8. The number of anilines is 1. The van der Waals surface area contributed by atoms with Crippen molar-refractivity contribution in [2.45, 2.75) is 32.4 Å². The van der Waals surface area contributed by atoms with Gasteiger partial charge in [0.1, 0.15) is 5.75 Å². The monoisotopic (exact) mass is 447 g/mol. The number of nitrogens with two attached hydrogens (primary N) is 1. The Morgan fingerprint density at radius 3 is 2.39 bits per heavy atom. The Labute approximate surface area is 184 Å². The summed E-state index contributed by atoms with van der Waals surface area (Å²) in [5.41, 5.74) is 7.38. The average Bonchev–Trinajstić information content (AvgIpc) is 2.62. The largest absolute Gasteiger partial charge is 0.496 e. The Hall–Kier alpha value is -1.66. The fraction of sp³-hybridized carbons (Fsp3) is 0.350. The van der Waals surface area contributed by atoms with Crippen molar-refractivity contribution in [3.05, 3.63) is 58.6 Å². The summed E-state index contributed by atoms with van der Waals surface area (Å²) >= 11 is 6.04. The van der Waals surface area contributed by atoms with E-state index in [9.17, 15) is 4.79 Å². The molecule has 0 heterocycles. The molecule has 0 aliphatic heterocycles. The van der Waals surface area contributed by atoms with Gasteiger partial charge in [0.2, 0.25) is 0 Å². The molecule has 0 bridgehead atoms. The molecule has 2 aromatic carbocycles. The van der Waals surface area contributed by atoms with E-state index >= 15 is 0 Å². The van der Waals surface area contributed by atoms with Crippen LogP contribution < -0.4 is 21.1 Å². The molecule has 2 rings (SSSR count). The lowest BCUT2D eigenvalue weighted by atomic mass is 10.0. The van der Waals surface area contributed by atoms with Gasteiger partial charge in [-0.1, -0.05) is 41.9 Å². The summed E-state index contributed by atoms with van der Waals surface area (Å²) < 4.78 is 5.24. The third kappa shape index (κ3) is 7.06. The van der Waals surface area contributed by atoms with Crippen LogP contribution in [0.2, 0.25) is 5.02 Å². The highest BCUT2D eigenvalue weighted by molar-refractivity contribution is 6.33. The van der Waals surface area contributed by atoms with E-state index in [2.05, 4.69) is 29.7 Å². The van der Waals surface area contributed by atoms with Gasteiger partial charge < -0.3 is 21.1 Å². The highest BCUT2D eigenvalue weighted by atomic mass is 35.5. The van der Waals surface area contributed by atoms with E-state index in [0.717, 1.165) is 0 Å². The molecule has 0 aliphatic carbocycles. The average molecular weight is 449 g/mol. The molecule has 2 aromatic rings. The van der Waals surface area contributed by atoms with Crippen molar-refractivity contribution >= 4 is 48.0 Å². The fourth-order valence-electron chi connectivity index (χ4n) is 2.77. The van der Waals surface area contributed by atoms with E-state index in [4.69, 9.17) is 22.1 Å². The van der Waals surface area contributed by atoms with E-state index in [1.165, 1.54) is 18.7 Å². The number of benzene rings is 2. The maximum absolute atomic E-state index is 12.6. The first-order valence-corrected chi connectivity index (χ1v) is 8.85. The molecular weight excluding hydrogens is 421 g/mol. The lowest BCUT2D eigenvalue weighted by Crippen LogP contribution is -2.49. The third-order valence-electron chi connectivity index (χ3n) is 4.16. The molecule has 0 spiro atoms. The summed E-state index contributed by atoms with van der Waals surface area (Å²) in [7, 11) is 1.49. The fourth-order valence-corrected chi connectivity index (χ4v) is 2.94. The summed E-state index contributed by atoms with van der Waals surface area (Å²) in [6, 6.07) is 13.4. The summed E-state index contributed by atoms with van der Waals surface area (Å²) in [6.45, 7) is 6.62. The molecule has 28 heavy (non-hydrogen) atoms. The van der Waals surface area contributed by atoms with Gasteiger partial charge in [0.15, 0.2) is 0 Å². The number of ether oxygens (including phenoxy) is 1. The number of hydrogen-bond donors (Lipinski definition) is 3. The maximum atomic E-state index is 12.6. The van der Waals surface area contributed by atoms with Crippen molar-refractivity contribution in [3.63, 3.8) is 0 Å². The summed E-state index contributed by atoms with van der Waals surface area (Å²) in [5, 5.41) is 6.80. The van der Waals surface area contributed by atoms with Gasteiger partial charge in [-0.25, -0.2) is 0 Å². The molecule has 5 nitrogen and oxygen atoms in total. The third-order valence-corrected chi connectivity index (χ3v) is 4.49. The second kappa shape index (κ2) is 11.4. The number of nitrogens with one attached hydrogen (secondary N) is 2. The summed E-state index contributed by atoms with van der Waals surface area (Å²) in [4.78, 5) is 12.6. The normalized spacial score (nSPS) is 11.6. The molecule has 1 amide bonds. The van der Waals surface area contributed by atoms with E-state index < -0.39 is 0 Å². The standard InChI is InChI=1S/C20H26ClN3O2.2ClH/c1-13(14-8-6-5-7-9-14)24-20(2,3)12-23-19(25)15-10-16(21)17(22)11-18(15)26-4;;/h5-11,13,24H,12,22H2,1-4H3,(H,23,25);2*1H. The summed E-state index contributed by atoms with van der Waals surface area (Å²) in [6.07, 6.45) is 0. The second-order valence-corrected chi connectivity index (χ2v) is 7.32. The first-order chi connectivity index (χ1) is 12.2. The molecule has 0 fully saturated rings. The SMILES string of the molecule is COc1cc(N)c(Cl)cc1C(=O)NCC(C)(C)NC(C)c1ccccc1.Cl.Cl. The minimum absolute atomic E-state index is 0. The Balaban J connectivity index is 0.00000364. The van der Waals surface area contributed by atoms with Crippen molar-refractivity contribution in [1.29, 1.82) is 0 Å². The molecule has 156 valence electrons. The molecule has 0 saturated carbocycles. The van der Waals surface area contributed by atoms with Gasteiger partial charge in [0.05, 0.1) is 23.4 Å². The zero-order chi connectivity index (χ0) is 19.3. The van der Waals surface area contributed by atoms with E-state index in [1.54, 1.807) is 6.07 Å². The summed E-state index contributed by atoms with van der Waals surface area (Å²) in [5.74, 6) is 0.138. The van der Waals surface area contributed by atoms with E-state index in [1.807, 2.05) is 32.0 Å². The second-order valence-electron chi connectivity index (χ2n) is 6.92. The minimum atomic E-state index is -0.310. The van der Waals surface area contributed by atoms with Crippen LogP contribution >= 0.6 is 36.4 Å². The number of carbonyl (C=O) groups is 1. The van der Waals surface area contributed by atoms with E-state index in [0.29, 0.717) is 28.6 Å². The van der Waals surface area contributed by atoms with Crippen molar-refractivity contribution in [1.82, 2.24) is 10.6 Å². The molecule has 0 radical (unpaired) electrons. The lowest BCUT2D eigenvalue weighted by Gasteiger charge is -2.31. The van der Waals surface area contributed by atoms with Crippen LogP contribution in [0.4, 0.5) is 5.69 Å². The smallest absolute Gasteiger partial charge is 0.255 e. The van der Waals surface area contributed by atoms with Crippen LogP contribution in [0.15, 0.2) is 42.5 Å². The maximum Gasteiger partial charge on any atom is 0.255 e. The van der Waals surface area contributed by atoms with Crippen molar-refractivity contribution < 1.29 is 9.53 Å². The molecular formula is C20H28Cl3N3O2. The molecule has 4 N–H and O–H groups in total. The molecule has 8 heteroatoms. The molecule has 0 aromatic heterocycles. The number of carbonyl (C=O) groups excluding carboxylic acids is 1. The Morgan fingerprint density at radius 1 is 1.21 bits per heavy atom. The van der Waals surface area contributed by atoms with Gasteiger partial charge in [0.25, 0.3) is 5.91 Å². The van der Waals surface area contributed by atoms with Crippen molar-refractivity contribution in [2.75, 3.05) is 19.4 Å². The zero-order valence-electron chi connectivity index (χ0n) is 16.4. The van der Waals surface area contributed by atoms with Crippen LogP contribution in [0.3, 0.4) is 0 Å². The molecule has 0 aliphatic rings. The topological polar surface area (TPSA) is 76.4 Å².